The van der Waals surface area contributed by atoms with Crippen LogP contribution in [0, 0.1) is 5.92 Å². The first-order valence-electron chi connectivity index (χ1n) is 7.85. The lowest BCUT2D eigenvalue weighted by Crippen LogP contribution is -2.18. The van der Waals surface area contributed by atoms with E-state index in [2.05, 4.69) is 5.32 Å². The molecule has 1 aliphatic carbocycles. The number of carbonyl (C=O) groups excluding carboxylic acids is 2. The third kappa shape index (κ3) is 4.88. The zero-order valence-electron chi connectivity index (χ0n) is 12.4. The first-order valence-corrected chi connectivity index (χ1v) is 7.85. The number of nitrogens with two attached hydrogens (primary N) is 1. The second-order valence-corrected chi connectivity index (χ2v) is 5.85. The second kappa shape index (κ2) is 7.81. The third-order valence-corrected chi connectivity index (χ3v) is 4.21. The lowest BCUT2D eigenvalue weighted by Gasteiger charge is -2.21. The number of hydrogen-bond donors (Lipinski definition) is 2. The van der Waals surface area contributed by atoms with Crippen LogP contribution in [0.4, 0.5) is 5.69 Å². The molecule has 1 aliphatic rings. The Kier molecular flexibility index (Phi) is 5.78. The molecule has 2 amide bonds. The summed E-state index contributed by atoms with van der Waals surface area (Å²) in [5.41, 5.74) is 6.16. The molecule has 1 aromatic carbocycles. The molecular formula is C17H24N2O2. The molecule has 114 valence electrons. The van der Waals surface area contributed by atoms with Gasteiger partial charge in [0.05, 0.1) is 11.3 Å². The maximum absolute atomic E-state index is 12.0. The maximum Gasteiger partial charge on any atom is 0.250 e. The lowest BCUT2D eigenvalue weighted by molar-refractivity contribution is -0.116. The van der Waals surface area contributed by atoms with Crippen LogP contribution in [0.25, 0.3) is 0 Å². The summed E-state index contributed by atoms with van der Waals surface area (Å²) in [6.45, 7) is 0. The molecule has 1 saturated carbocycles. The number of carbonyl (C=O) groups is 2. The highest BCUT2D eigenvalue weighted by molar-refractivity contribution is 6.02. The Bertz CT molecular complexity index is 493. The molecule has 0 radical (unpaired) electrons. The number of primary amides is 1. The number of nitrogens with one attached hydrogen (secondary N) is 1. The van der Waals surface area contributed by atoms with E-state index in [0.29, 0.717) is 17.7 Å². The molecule has 0 aromatic heterocycles. The molecule has 4 heteroatoms. The summed E-state index contributed by atoms with van der Waals surface area (Å²) in [6.07, 6.45) is 9.20. The van der Waals surface area contributed by atoms with Crippen LogP contribution < -0.4 is 11.1 Å². The van der Waals surface area contributed by atoms with Gasteiger partial charge in [-0.15, -0.1) is 0 Å². The van der Waals surface area contributed by atoms with E-state index in [1.165, 1.54) is 32.1 Å². The van der Waals surface area contributed by atoms with Gasteiger partial charge in [0.1, 0.15) is 0 Å². The highest BCUT2D eigenvalue weighted by Gasteiger charge is 2.14. The Morgan fingerprint density at radius 2 is 1.86 bits per heavy atom. The topological polar surface area (TPSA) is 72.2 Å². The van der Waals surface area contributed by atoms with Crippen molar-refractivity contribution in [3.63, 3.8) is 0 Å². The van der Waals surface area contributed by atoms with Crippen LogP contribution in [0.1, 0.15) is 61.7 Å². The van der Waals surface area contributed by atoms with Gasteiger partial charge >= 0.3 is 0 Å². The number of amides is 2. The van der Waals surface area contributed by atoms with Gasteiger partial charge in [-0.2, -0.15) is 0 Å². The van der Waals surface area contributed by atoms with Crippen molar-refractivity contribution in [3.8, 4) is 0 Å². The molecule has 0 heterocycles. The quantitative estimate of drug-likeness (QED) is 0.841. The van der Waals surface area contributed by atoms with Gasteiger partial charge in [-0.3, -0.25) is 9.59 Å². The molecule has 1 fully saturated rings. The SMILES string of the molecule is NC(=O)c1ccccc1NC(=O)CCCC1CCCCC1. The van der Waals surface area contributed by atoms with Crippen molar-refractivity contribution in [1.29, 1.82) is 0 Å². The average molecular weight is 288 g/mol. The molecule has 21 heavy (non-hydrogen) atoms. The van der Waals surface area contributed by atoms with Crippen molar-refractivity contribution < 1.29 is 9.59 Å². The van der Waals surface area contributed by atoms with Gasteiger partial charge in [0, 0.05) is 6.42 Å². The van der Waals surface area contributed by atoms with E-state index >= 15 is 0 Å². The fourth-order valence-corrected chi connectivity index (χ4v) is 3.05. The first-order chi connectivity index (χ1) is 10.2. The van der Waals surface area contributed by atoms with Gasteiger partial charge in [0.15, 0.2) is 0 Å². The molecule has 0 bridgehead atoms. The Hall–Kier alpha value is -1.84. The summed E-state index contributed by atoms with van der Waals surface area (Å²) < 4.78 is 0. The van der Waals surface area contributed by atoms with E-state index in [-0.39, 0.29) is 5.91 Å². The van der Waals surface area contributed by atoms with E-state index in [1.807, 2.05) is 0 Å². The van der Waals surface area contributed by atoms with Gasteiger partial charge in [0.25, 0.3) is 5.91 Å². The van der Waals surface area contributed by atoms with Crippen LogP contribution in [-0.2, 0) is 4.79 Å². The summed E-state index contributed by atoms with van der Waals surface area (Å²) in [4.78, 5) is 23.3. The molecule has 0 atom stereocenters. The molecular weight excluding hydrogens is 264 g/mol. The minimum Gasteiger partial charge on any atom is -0.366 e. The van der Waals surface area contributed by atoms with Gasteiger partial charge in [-0.25, -0.2) is 0 Å². The number of para-hydroxylation sites is 1. The molecule has 0 spiro atoms. The number of rotatable bonds is 6. The fraction of sp³-hybridized carbons (Fsp3) is 0.529. The second-order valence-electron chi connectivity index (χ2n) is 5.85. The molecule has 0 saturated heterocycles. The van der Waals surface area contributed by atoms with Crippen molar-refractivity contribution in [3.05, 3.63) is 29.8 Å². The van der Waals surface area contributed by atoms with Crippen molar-refractivity contribution in [2.75, 3.05) is 5.32 Å². The molecule has 2 rings (SSSR count). The molecule has 0 unspecified atom stereocenters. The van der Waals surface area contributed by atoms with Crippen LogP contribution in [0.5, 0.6) is 0 Å². The minimum absolute atomic E-state index is 0.0421. The molecule has 0 aliphatic heterocycles. The molecule has 3 N–H and O–H groups in total. The van der Waals surface area contributed by atoms with E-state index in [0.717, 1.165) is 18.8 Å². The normalized spacial score (nSPS) is 15.6. The van der Waals surface area contributed by atoms with Gasteiger partial charge < -0.3 is 11.1 Å². The Labute approximate surface area is 126 Å². The van der Waals surface area contributed by atoms with E-state index in [4.69, 9.17) is 5.73 Å². The Morgan fingerprint density at radius 1 is 1.14 bits per heavy atom. The summed E-state index contributed by atoms with van der Waals surface area (Å²) in [7, 11) is 0. The standard InChI is InChI=1S/C17H24N2O2/c18-17(21)14-10-4-5-11-15(14)19-16(20)12-6-9-13-7-2-1-3-8-13/h4-5,10-11,13H,1-3,6-9,12H2,(H2,18,21)(H,19,20). The number of hydrogen-bond acceptors (Lipinski definition) is 2. The van der Waals surface area contributed by atoms with Crippen LogP contribution >= 0.6 is 0 Å². The Morgan fingerprint density at radius 3 is 2.57 bits per heavy atom. The van der Waals surface area contributed by atoms with E-state index in [9.17, 15) is 9.59 Å². The fourth-order valence-electron chi connectivity index (χ4n) is 3.05. The monoisotopic (exact) mass is 288 g/mol. The molecule has 4 nitrogen and oxygen atoms in total. The van der Waals surface area contributed by atoms with Crippen LogP contribution in [0.15, 0.2) is 24.3 Å². The van der Waals surface area contributed by atoms with Crippen molar-refractivity contribution in [2.24, 2.45) is 11.7 Å². The smallest absolute Gasteiger partial charge is 0.250 e. The van der Waals surface area contributed by atoms with Gasteiger partial charge in [-0.05, 0) is 30.9 Å². The van der Waals surface area contributed by atoms with Crippen molar-refractivity contribution in [1.82, 2.24) is 0 Å². The van der Waals surface area contributed by atoms with Crippen LogP contribution in [0.3, 0.4) is 0 Å². The zero-order valence-corrected chi connectivity index (χ0v) is 12.4. The zero-order chi connectivity index (χ0) is 15.1. The van der Waals surface area contributed by atoms with Gasteiger partial charge in [0.2, 0.25) is 5.91 Å². The highest BCUT2D eigenvalue weighted by atomic mass is 16.2. The third-order valence-electron chi connectivity index (χ3n) is 4.21. The van der Waals surface area contributed by atoms with Gasteiger partial charge in [-0.1, -0.05) is 44.2 Å². The maximum atomic E-state index is 12.0. The summed E-state index contributed by atoms with van der Waals surface area (Å²) in [5.74, 6) is 0.233. The number of benzene rings is 1. The molecule has 1 aromatic rings. The van der Waals surface area contributed by atoms with E-state index < -0.39 is 5.91 Å². The predicted octanol–water partition coefficient (Wildman–Crippen LogP) is 3.47. The van der Waals surface area contributed by atoms with Crippen molar-refractivity contribution in [2.45, 2.75) is 51.4 Å². The predicted molar refractivity (Wildman–Crippen MR) is 84.0 cm³/mol. The first kappa shape index (κ1) is 15.5. The number of anilines is 1. The average Bonchev–Trinajstić information content (AvgIpc) is 2.48. The van der Waals surface area contributed by atoms with Crippen molar-refractivity contribution >= 4 is 17.5 Å². The Balaban J connectivity index is 1.78. The van der Waals surface area contributed by atoms with Crippen LogP contribution in [-0.4, -0.2) is 11.8 Å². The van der Waals surface area contributed by atoms with Crippen LogP contribution in [0.2, 0.25) is 0 Å². The minimum atomic E-state index is -0.520. The summed E-state index contributed by atoms with van der Waals surface area (Å²) in [6, 6.07) is 6.85. The summed E-state index contributed by atoms with van der Waals surface area (Å²) >= 11 is 0. The summed E-state index contributed by atoms with van der Waals surface area (Å²) in [5, 5.41) is 2.79. The highest BCUT2D eigenvalue weighted by Crippen LogP contribution is 2.27. The lowest BCUT2D eigenvalue weighted by atomic mass is 9.86. The van der Waals surface area contributed by atoms with E-state index in [1.54, 1.807) is 24.3 Å². The largest absolute Gasteiger partial charge is 0.366 e.